The molecule has 1 aromatic heterocycles. The highest BCUT2D eigenvalue weighted by Crippen LogP contribution is 2.12. The minimum Gasteiger partial charge on any atom is -0.379 e. The third kappa shape index (κ3) is 3.97. The molecule has 0 saturated heterocycles. The summed E-state index contributed by atoms with van der Waals surface area (Å²) in [5.41, 5.74) is 0. The molecule has 1 heterocycles. The number of halogens is 1. The second kappa shape index (κ2) is 6.23. The Morgan fingerprint density at radius 1 is 1.62 bits per heavy atom. The van der Waals surface area contributed by atoms with Crippen molar-refractivity contribution in [1.82, 2.24) is 14.8 Å². The average Bonchev–Trinajstić information content (AvgIpc) is 2.52. The first-order valence-corrected chi connectivity index (χ1v) is 5.47. The van der Waals surface area contributed by atoms with Crippen LogP contribution >= 0.6 is 23.4 Å². The highest BCUT2D eigenvalue weighted by molar-refractivity contribution is 7.99. The van der Waals surface area contributed by atoms with Gasteiger partial charge >= 0.3 is 0 Å². The molecule has 1 aromatic rings. The maximum Gasteiger partial charge on any atom is 0.190 e. The quantitative estimate of drug-likeness (QED) is 0.411. The first-order chi connectivity index (χ1) is 6.34. The number of aromatic nitrogens is 3. The molecule has 4 nitrogen and oxygen atoms in total. The van der Waals surface area contributed by atoms with Crippen molar-refractivity contribution >= 4 is 23.4 Å². The summed E-state index contributed by atoms with van der Waals surface area (Å²) in [6.45, 7) is 1.31. The Kier molecular flexibility index (Phi) is 5.19. The van der Waals surface area contributed by atoms with E-state index in [-0.39, 0.29) is 0 Å². The van der Waals surface area contributed by atoms with Crippen LogP contribution in [0.4, 0.5) is 0 Å². The van der Waals surface area contributed by atoms with Gasteiger partial charge < -0.3 is 9.30 Å². The van der Waals surface area contributed by atoms with Gasteiger partial charge in [-0.05, 0) is 0 Å². The Bertz CT molecular complexity index is 243. The van der Waals surface area contributed by atoms with Crippen LogP contribution in [0.1, 0.15) is 0 Å². The van der Waals surface area contributed by atoms with E-state index in [0.717, 1.165) is 10.9 Å². The van der Waals surface area contributed by atoms with Crippen LogP contribution in [-0.4, -0.2) is 39.6 Å². The van der Waals surface area contributed by atoms with Gasteiger partial charge in [0.15, 0.2) is 5.16 Å². The third-order valence-corrected chi connectivity index (χ3v) is 2.50. The van der Waals surface area contributed by atoms with Gasteiger partial charge in [-0.1, -0.05) is 11.8 Å². The first kappa shape index (κ1) is 10.8. The molecule has 6 heteroatoms. The van der Waals surface area contributed by atoms with Crippen molar-refractivity contribution in [2.45, 2.75) is 5.16 Å². The number of thioether (sulfide) groups is 1. The predicted molar refractivity (Wildman–Crippen MR) is 53.3 cm³/mol. The van der Waals surface area contributed by atoms with E-state index in [2.05, 4.69) is 10.2 Å². The molecular formula is C7H12ClN3OS. The van der Waals surface area contributed by atoms with Crippen molar-refractivity contribution in [3.05, 3.63) is 6.33 Å². The maximum atomic E-state index is 5.45. The van der Waals surface area contributed by atoms with Crippen LogP contribution in [0, 0.1) is 0 Å². The maximum absolute atomic E-state index is 5.45. The van der Waals surface area contributed by atoms with E-state index >= 15 is 0 Å². The van der Waals surface area contributed by atoms with Crippen LogP contribution in [-0.2, 0) is 11.8 Å². The molecule has 0 spiro atoms. The summed E-state index contributed by atoms with van der Waals surface area (Å²) in [6.07, 6.45) is 1.68. The van der Waals surface area contributed by atoms with Gasteiger partial charge in [-0.2, -0.15) is 0 Å². The van der Waals surface area contributed by atoms with Gasteiger partial charge in [0.2, 0.25) is 0 Å². The van der Waals surface area contributed by atoms with Crippen LogP contribution in [0.3, 0.4) is 0 Å². The molecule has 0 aliphatic rings. The number of alkyl halides is 1. The zero-order valence-corrected chi connectivity index (χ0v) is 9.01. The lowest BCUT2D eigenvalue weighted by molar-refractivity contribution is 0.166. The number of nitrogens with zero attached hydrogens (tertiary/aromatic N) is 3. The van der Waals surface area contributed by atoms with E-state index in [0.29, 0.717) is 19.1 Å². The van der Waals surface area contributed by atoms with Crippen molar-refractivity contribution in [2.24, 2.45) is 7.05 Å². The Balaban J connectivity index is 2.10. The fourth-order valence-electron chi connectivity index (χ4n) is 0.752. The van der Waals surface area contributed by atoms with Crippen molar-refractivity contribution in [2.75, 3.05) is 24.8 Å². The standard InChI is InChI=1S/C7H12ClN3OS/c1-11-6-9-10-7(11)13-5-4-12-3-2-8/h6H,2-5H2,1H3. The number of hydrogen-bond donors (Lipinski definition) is 0. The fourth-order valence-corrected chi connectivity index (χ4v) is 1.60. The molecule has 74 valence electrons. The van der Waals surface area contributed by atoms with E-state index in [1.165, 1.54) is 0 Å². The number of rotatable bonds is 6. The number of ether oxygens (including phenoxy) is 1. The lowest BCUT2D eigenvalue weighted by Crippen LogP contribution is -2.01. The largest absolute Gasteiger partial charge is 0.379 e. The predicted octanol–water partition coefficient (Wildman–Crippen LogP) is 1.16. The van der Waals surface area contributed by atoms with Crippen molar-refractivity contribution in [1.29, 1.82) is 0 Å². The van der Waals surface area contributed by atoms with Crippen molar-refractivity contribution in [3.8, 4) is 0 Å². The summed E-state index contributed by atoms with van der Waals surface area (Å²) in [5, 5.41) is 8.61. The van der Waals surface area contributed by atoms with Crippen molar-refractivity contribution < 1.29 is 4.74 Å². The van der Waals surface area contributed by atoms with Gasteiger partial charge in [-0.3, -0.25) is 0 Å². The van der Waals surface area contributed by atoms with E-state index in [1.54, 1.807) is 18.1 Å². The van der Waals surface area contributed by atoms with Crippen LogP contribution in [0.15, 0.2) is 11.5 Å². The van der Waals surface area contributed by atoms with Gasteiger partial charge in [-0.15, -0.1) is 21.8 Å². The van der Waals surface area contributed by atoms with Crippen molar-refractivity contribution in [3.63, 3.8) is 0 Å². The molecule has 0 aliphatic heterocycles. The minimum atomic E-state index is 0.550. The highest BCUT2D eigenvalue weighted by Gasteiger charge is 1.99. The van der Waals surface area contributed by atoms with E-state index in [1.807, 2.05) is 11.6 Å². The number of aryl methyl sites for hydroxylation is 1. The molecule has 1 rings (SSSR count). The average molecular weight is 222 g/mol. The minimum absolute atomic E-state index is 0.550. The van der Waals surface area contributed by atoms with Gasteiger partial charge in [0.25, 0.3) is 0 Å². The van der Waals surface area contributed by atoms with Crippen LogP contribution in [0.5, 0.6) is 0 Å². The summed E-state index contributed by atoms with van der Waals surface area (Å²) >= 11 is 7.07. The molecular weight excluding hydrogens is 210 g/mol. The molecule has 0 bridgehead atoms. The van der Waals surface area contributed by atoms with E-state index in [9.17, 15) is 0 Å². The number of hydrogen-bond acceptors (Lipinski definition) is 4. The van der Waals surface area contributed by atoms with Gasteiger partial charge in [0.05, 0.1) is 13.2 Å². The topological polar surface area (TPSA) is 39.9 Å². The molecule has 0 aliphatic carbocycles. The summed E-state index contributed by atoms with van der Waals surface area (Å²) in [5.74, 6) is 1.43. The zero-order valence-electron chi connectivity index (χ0n) is 7.44. The van der Waals surface area contributed by atoms with Crippen LogP contribution in [0.25, 0.3) is 0 Å². The summed E-state index contributed by atoms with van der Waals surface area (Å²) in [7, 11) is 1.92. The summed E-state index contributed by atoms with van der Waals surface area (Å²) < 4.78 is 7.09. The fraction of sp³-hybridized carbons (Fsp3) is 0.714. The Morgan fingerprint density at radius 2 is 2.46 bits per heavy atom. The van der Waals surface area contributed by atoms with Gasteiger partial charge in [0.1, 0.15) is 6.33 Å². The molecule has 0 amide bonds. The van der Waals surface area contributed by atoms with Gasteiger partial charge in [0, 0.05) is 18.7 Å². The van der Waals surface area contributed by atoms with Crippen LogP contribution < -0.4 is 0 Å². The SMILES string of the molecule is Cn1cnnc1SCCOCCCl. The molecule has 0 radical (unpaired) electrons. The van der Waals surface area contributed by atoms with Crippen LogP contribution in [0.2, 0.25) is 0 Å². The monoisotopic (exact) mass is 221 g/mol. The second-order valence-corrected chi connectivity index (χ2v) is 3.81. The van der Waals surface area contributed by atoms with Gasteiger partial charge in [-0.25, -0.2) is 0 Å². The smallest absolute Gasteiger partial charge is 0.190 e. The summed E-state index contributed by atoms with van der Waals surface area (Å²) in [4.78, 5) is 0. The molecule has 0 unspecified atom stereocenters. The Morgan fingerprint density at radius 3 is 3.08 bits per heavy atom. The molecule has 0 fully saturated rings. The summed E-state index contributed by atoms with van der Waals surface area (Å²) in [6, 6.07) is 0. The lowest BCUT2D eigenvalue weighted by Gasteiger charge is -2.00. The molecule has 0 aromatic carbocycles. The highest BCUT2D eigenvalue weighted by atomic mass is 35.5. The Hall–Kier alpha value is -0.260. The van der Waals surface area contributed by atoms with E-state index in [4.69, 9.17) is 16.3 Å². The normalized spacial score (nSPS) is 10.6. The third-order valence-electron chi connectivity index (χ3n) is 1.35. The molecule has 0 N–H and O–H groups in total. The molecule has 0 atom stereocenters. The Labute approximate surface area is 86.6 Å². The first-order valence-electron chi connectivity index (χ1n) is 3.95. The molecule has 13 heavy (non-hydrogen) atoms. The second-order valence-electron chi connectivity index (χ2n) is 2.37. The van der Waals surface area contributed by atoms with E-state index < -0.39 is 0 Å². The zero-order chi connectivity index (χ0) is 9.52. The lowest BCUT2D eigenvalue weighted by atomic mass is 10.8. The molecule has 0 saturated carbocycles.